The zero-order valence-electron chi connectivity index (χ0n) is 21.6. The van der Waals surface area contributed by atoms with E-state index in [1.807, 2.05) is 13.0 Å². The van der Waals surface area contributed by atoms with Gasteiger partial charge in [0.1, 0.15) is 0 Å². The van der Waals surface area contributed by atoms with E-state index in [0.29, 0.717) is 41.6 Å². The minimum absolute atomic E-state index is 0.179. The molecule has 0 heterocycles. The Morgan fingerprint density at radius 1 is 0.941 bits per heavy atom. The molecule has 4 rings (SSSR count). The van der Waals surface area contributed by atoms with E-state index < -0.39 is 11.6 Å². The molecular formula is C31H46F2O. The smallest absolute Gasteiger partial charge is 0.162 e. The van der Waals surface area contributed by atoms with Crippen molar-refractivity contribution in [2.75, 3.05) is 6.61 Å². The second-order valence-corrected chi connectivity index (χ2v) is 11.4. The van der Waals surface area contributed by atoms with E-state index in [2.05, 4.69) is 19.1 Å². The van der Waals surface area contributed by atoms with Gasteiger partial charge >= 0.3 is 0 Å². The number of ether oxygens (including phenoxy) is 1. The van der Waals surface area contributed by atoms with Gasteiger partial charge in [-0.05, 0) is 105 Å². The zero-order valence-corrected chi connectivity index (χ0v) is 21.6. The van der Waals surface area contributed by atoms with Gasteiger partial charge in [-0.2, -0.15) is 0 Å². The van der Waals surface area contributed by atoms with E-state index >= 15 is 8.78 Å². The largest absolute Gasteiger partial charge is 0.374 e. The van der Waals surface area contributed by atoms with Crippen molar-refractivity contribution in [1.29, 1.82) is 0 Å². The van der Waals surface area contributed by atoms with Crippen molar-refractivity contribution in [1.82, 2.24) is 0 Å². The quantitative estimate of drug-likeness (QED) is 0.244. The van der Waals surface area contributed by atoms with Crippen LogP contribution in [-0.2, 0) is 17.6 Å². The molecule has 1 nitrogen and oxygen atoms in total. The molecule has 34 heavy (non-hydrogen) atoms. The van der Waals surface area contributed by atoms with E-state index in [9.17, 15) is 0 Å². The van der Waals surface area contributed by atoms with E-state index in [-0.39, 0.29) is 5.92 Å². The van der Waals surface area contributed by atoms with Gasteiger partial charge < -0.3 is 4.74 Å². The number of hydrogen-bond donors (Lipinski definition) is 0. The van der Waals surface area contributed by atoms with Crippen LogP contribution in [0.3, 0.4) is 0 Å². The van der Waals surface area contributed by atoms with Crippen molar-refractivity contribution in [3.05, 3.63) is 46.5 Å². The first-order valence-electron chi connectivity index (χ1n) is 14.3. The molecule has 3 heteroatoms. The first kappa shape index (κ1) is 25.9. The van der Waals surface area contributed by atoms with Gasteiger partial charge in [-0.1, -0.05) is 63.7 Å². The van der Waals surface area contributed by atoms with E-state index in [4.69, 9.17) is 4.74 Å². The number of halogens is 2. The SMILES string of the molecule is C/C=C/COC1CCC2CC(c3cc4c(c(F)c3F)CC(CCCCCCC)CC4)CCC2C1. The summed E-state index contributed by atoms with van der Waals surface area (Å²) in [6.45, 7) is 4.97. The summed E-state index contributed by atoms with van der Waals surface area (Å²) in [6, 6.07) is 2.07. The highest BCUT2D eigenvalue weighted by molar-refractivity contribution is 5.38. The first-order valence-corrected chi connectivity index (χ1v) is 14.3. The molecule has 1 aromatic rings. The molecule has 2 fully saturated rings. The van der Waals surface area contributed by atoms with Crippen LogP contribution in [0.25, 0.3) is 0 Å². The Labute approximate surface area is 206 Å². The maximum atomic E-state index is 15.4. The van der Waals surface area contributed by atoms with Crippen molar-refractivity contribution >= 4 is 0 Å². The highest BCUT2D eigenvalue weighted by Crippen LogP contribution is 2.48. The summed E-state index contributed by atoms with van der Waals surface area (Å²) in [5.41, 5.74) is 2.47. The van der Waals surface area contributed by atoms with Crippen LogP contribution < -0.4 is 0 Å². The molecule has 0 aromatic heterocycles. The molecule has 3 aliphatic rings. The van der Waals surface area contributed by atoms with Crippen LogP contribution in [0.15, 0.2) is 18.2 Å². The molecule has 1 aromatic carbocycles. The Morgan fingerprint density at radius 2 is 1.74 bits per heavy atom. The van der Waals surface area contributed by atoms with Crippen LogP contribution in [0.1, 0.15) is 120 Å². The van der Waals surface area contributed by atoms with Crippen molar-refractivity contribution in [3.8, 4) is 0 Å². The molecule has 0 radical (unpaired) electrons. The molecule has 2 saturated carbocycles. The maximum absolute atomic E-state index is 15.4. The lowest BCUT2D eigenvalue weighted by Crippen LogP contribution is -2.34. The van der Waals surface area contributed by atoms with Gasteiger partial charge in [-0.3, -0.25) is 0 Å². The molecule has 0 aliphatic heterocycles. The molecule has 0 spiro atoms. The van der Waals surface area contributed by atoms with E-state index in [1.165, 1.54) is 32.1 Å². The fraction of sp³-hybridized carbons (Fsp3) is 0.742. The average Bonchev–Trinajstić information content (AvgIpc) is 2.86. The standard InChI is InChI=1S/C31H46F2O/c1-3-5-7-8-9-10-22-11-12-26-21-29(31(33)30(32)28(26)18-22)25-14-13-24-20-27(34-17-6-4-2)16-15-23(24)19-25/h4,6,21-25,27H,3,5,7-20H2,1-2H3/b6-4+. The molecule has 0 bridgehead atoms. The predicted molar refractivity (Wildman–Crippen MR) is 137 cm³/mol. The zero-order chi connectivity index (χ0) is 23.9. The Kier molecular flexibility index (Phi) is 9.62. The minimum atomic E-state index is -0.533. The lowest BCUT2D eigenvalue weighted by Gasteiger charge is -2.42. The van der Waals surface area contributed by atoms with Crippen LogP contribution >= 0.6 is 0 Å². The fourth-order valence-corrected chi connectivity index (χ4v) is 7.08. The number of unbranched alkanes of at least 4 members (excludes halogenated alkanes) is 4. The molecular weight excluding hydrogens is 426 g/mol. The highest BCUT2D eigenvalue weighted by Gasteiger charge is 2.38. The van der Waals surface area contributed by atoms with Gasteiger partial charge in [0.25, 0.3) is 0 Å². The summed E-state index contributed by atoms with van der Waals surface area (Å²) in [5.74, 6) is 0.966. The third-order valence-electron chi connectivity index (χ3n) is 9.13. The summed E-state index contributed by atoms with van der Waals surface area (Å²) < 4.78 is 36.7. The Balaban J connectivity index is 1.35. The Morgan fingerprint density at radius 3 is 2.56 bits per heavy atom. The summed E-state index contributed by atoms with van der Waals surface area (Å²) in [7, 11) is 0. The monoisotopic (exact) mass is 472 g/mol. The van der Waals surface area contributed by atoms with Crippen LogP contribution in [0.5, 0.6) is 0 Å². The molecule has 0 saturated heterocycles. The molecule has 0 N–H and O–H groups in total. The number of aryl methyl sites for hydroxylation is 1. The van der Waals surface area contributed by atoms with Gasteiger partial charge in [-0.15, -0.1) is 0 Å². The molecule has 3 aliphatic carbocycles. The summed E-state index contributed by atoms with van der Waals surface area (Å²) in [5, 5.41) is 0. The molecule has 5 atom stereocenters. The van der Waals surface area contributed by atoms with Gasteiger partial charge in [0, 0.05) is 0 Å². The average molecular weight is 473 g/mol. The highest BCUT2D eigenvalue weighted by atomic mass is 19.2. The second-order valence-electron chi connectivity index (χ2n) is 11.4. The Hall–Kier alpha value is -1.22. The summed E-state index contributed by atoms with van der Waals surface area (Å²) >= 11 is 0. The minimum Gasteiger partial charge on any atom is -0.374 e. The number of benzene rings is 1. The second kappa shape index (κ2) is 12.7. The van der Waals surface area contributed by atoms with Crippen LogP contribution in [0.2, 0.25) is 0 Å². The van der Waals surface area contributed by atoms with Gasteiger partial charge in [-0.25, -0.2) is 8.78 Å². The Bertz CT molecular complexity index is 816. The lowest BCUT2D eigenvalue weighted by atomic mass is 9.65. The fourth-order valence-electron chi connectivity index (χ4n) is 7.08. The van der Waals surface area contributed by atoms with Gasteiger partial charge in [0.2, 0.25) is 0 Å². The normalized spacial score (nSPS) is 29.2. The van der Waals surface area contributed by atoms with Crippen molar-refractivity contribution < 1.29 is 13.5 Å². The van der Waals surface area contributed by atoms with E-state index in [0.717, 1.165) is 69.8 Å². The number of hydrogen-bond acceptors (Lipinski definition) is 1. The van der Waals surface area contributed by atoms with Crippen LogP contribution in [-0.4, -0.2) is 12.7 Å². The topological polar surface area (TPSA) is 9.23 Å². The predicted octanol–water partition coefficient (Wildman–Crippen LogP) is 9.08. The number of rotatable bonds is 10. The summed E-state index contributed by atoms with van der Waals surface area (Å²) in [6.07, 6.45) is 21.3. The van der Waals surface area contributed by atoms with Crippen LogP contribution in [0.4, 0.5) is 8.78 Å². The number of fused-ring (bicyclic) bond motifs is 2. The maximum Gasteiger partial charge on any atom is 0.162 e. The molecule has 0 amide bonds. The van der Waals surface area contributed by atoms with Crippen molar-refractivity contribution in [2.24, 2.45) is 17.8 Å². The molecule has 5 unspecified atom stereocenters. The lowest BCUT2D eigenvalue weighted by molar-refractivity contribution is -0.00337. The van der Waals surface area contributed by atoms with E-state index in [1.54, 1.807) is 0 Å². The van der Waals surface area contributed by atoms with Gasteiger partial charge in [0.05, 0.1) is 12.7 Å². The van der Waals surface area contributed by atoms with Crippen molar-refractivity contribution in [2.45, 2.75) is 122 Å². The van der Waals surface area contributed by atoms with Crippen molar-refractivity contribution in [3.63, 3.8) is 0 Å². The van der Waals surface area contributed by atoms with Gasteiger partial charge in [0.15, 0.2) is 11.6 Å². The molecule has 190 valence electrons. The summed E-state index contributed by atoms with van der Waals surface area (Å²) in [4.78, 5) is 0. The van der Waals surface area contributed by atoms with Crippen LogP contribution in [0, 0.1) is 29.4 Å². The third-order valence-corrected chi connectivity index (χ3v) is 9.13. The number of allylic oxidation sites excluding steroid dienone is 1. The first-order chi connectivity index (χ1) is 16.6. The third kappa shape index (κ3) is 6.31.